The highest BCUT2D eigenvalue weighted by molar-refractivity contribution is 5.72. The van der Waals surface area contributed by atoms with Crippen molar-refractivity contribution in [2.75, 3.05) is 26.2 Å². The van der Waals surface area contributed by atoms with E-state index in [-0.39, 0.29) is 12.0 Å². The summed E-state index contributed by atoms with van der Waals surface area (Å²) >= 11 is 0. The van der Waals surface area contributed by atoms with Crippen molar-refractivity contribution in [2.45, 2.75) is 39.2 Å². The van der Waals surface area contributed by atoms with Gasteiger partial charge in [-0.25, -0.2) is 0 Å². The number of hydrogen-bond donors (Lipinski definition) is 2. The first-order valence-electron chi connectivity index (χ1n) is 6.24. The lowest BCUT2D eigenvalue weighted by Crippen LogP contribution is -2.38. The van der Waals surface area contributed by atoms with Gasteiger partial charge in [-0.3, -0.25) is 4.79 Å². The standard InChI is InChI=1S/C12H24N2O2/c1-10(15)12-4-8-14(9-5-12)7-3-6-13-11(2)16/h10,12,15H,3-9H2,1-2H3,(H,13,16). The van der Waals surface area contributed by atoms with Gasteiger partial charge in [-0.1, -0.05) is 0 Å². The first-order chi connectivity index (χ1) is 7.59. The van der Waals surface area contributed by atoms with E-state index in [0.29, 0.717) is 5.92 Å². The zero-order valence-electron chi connectivity index (χ0n) is 10.4. The third kappa shape index (κ3) is 4.94. The van der Waals surface area contributed by atoms with Crippen molar-refractivity contribution >= 4 is 5.91 Å². The molecular formula is C12H24N2O2. The van der Waals surface area contributed by atoms with Crippen molar-refractivity contribution in [3.63, 3.8) is 0 Å². The van der Waals surface area contributed by atoms with Crippen LogP contribution in [-0.2, 0) is 4.79 Å². The van der Waals surface area contributed by atoms with Crippen molar-refractivity contribution < 1.29 is 9.90 Å². The van der Waals surface area contributed by atoms with Gasteiger partial charge in [-0.05, 0) is 51.7 Å². The van der Waals surface area contributed by atoms with Crippen LogP contribution < -0.4 is 5.32 Å². The number of nitrogens with one attached hydrogen (secondary N) is 1. The van der Waals surface area contributed by atoms with E-state index in [4.69, 9.17) is 0 Å². The van der Waals surface area contributed by atoms with Crippen LogP contribution in [0.5, 0.6) is 0 Å². The Bertz CT molecular complexity index is 211. The number of amides is 1. The fourth-order valence-electron chi connectivity index (χ4n) is 2.23. The number of piperidine rings is 1. The van der Waals surface area contributed by atoms with Crippen LogP contribution in [0.4, 0.5) is 0 Å². The highest BCUT2D eigenvalue weighted by Crippen LogP contribution is 2.20. The number of hydrogen-bond acceptors (Lipinski definition) is 3. The Hall–Kier alpha value is -0.610. The molecule has 4 nitrogen and oxygen atoms in total. The summed E-state index contributed by atoms with van der Waals surface area (Å²) in [5.41, 5.74) is 0. The van der Waals surface area contributed by atoms with E-state index in [1.54, 1.807) is 6.92 Å². The van der Waals surface area contributed by atoms with Gasteiger partial charge >= 0.3 is 0 Å². The minimum absolute atomic E-state index is 0.0489. The zero-order valence-corrected chi connectivity index (χ0v) is 10.4. The molecule has 94 valence electrons. The third-order valence-corrected chi connectivity index (χ3v) is 3.34. The molecule has 1 aliphatic heterocycles. The molecule has 0 saturated carbocycles. The van der Waals surface area contributed by atoms with E-state index in [0.717, 1.165) is 45.4 Å². The molecule has 0 aromatic carbocycles. The average Bonchev–Trinajstić information content (AvgIpc) is 2.25. The van der Waals surface area contributed by atoms with E-state index in [1.807, 2.05) is 6.92 Å². The Balaban J connectivity index is 2.06. The van der Waals surface area contributed by atoms with Crippen LogP contribution in [0.2, 0.25) is 0 Å². The van der Waals surface area contributed by atoms with Crippen molar-refractivity contribution in [3.05, 3.63) is 0 Å². The Morgan fingerprint density at radius 3 is 2.62 bits per heavy atom. The van der Waals surface area contributed by atoms with E-state index in [2.05, 4.69) is 10.2 Å². The maximum absolute atomic E-state index is 10.7. The van der Waals surface area contributed by atoms with Crippen LogP contribution in [0.25, 0.3) is 0 Å². The quantitative estimate of drug-likeness (QED) is 0.678. The molecule has 1 unspecified atom stereocenters. The molecule has 1 amide bonds. The van der Waals surface area contributed by atoms with E-state index >= 15 is 0 Å². The van der Waals surface area contributed by atoms with Crippen LogP contribution in [0.1, 0.15) is 33.1 Å². The first kappa shape index (κ1) is 13.5. The molecule has 4 heteroatoms. The maximum Gasteiger partial charge on any atom is 0.216 e. The van der Waals surface area contributed by atoms with Gasteiger partial charge in [0.15, 0.2) is 0 Å². The second-order valence-electron chi connectivity index (χ2n) is 4.76. The second-order valence-corrected chi connectivity index (χ2v) is 4.76. The predicted octanol–water partition coefficient (Wildman–Crippen LogP) is 0.605. The van der Waals surface area contributed by atoms with Crippen molar-refractivity contribution in [1.82, 2.24) is 10.2 Å². The van der Waals surface area contributed by atoms with Gasteiger partial charge in [0, 0.05) is 13.5 Å². The maximum atomic E-state index is 10.7. The fraction of sp³-hybridized carbons (Fsp3) is 0.917. The largest absolute Gasteiger partial charge is 0.393 e. The van der Waals surface area contributed by atoms with Gasteiger partial charge in [0.2, 0.25) is 5.91 Å². The topological polar surface area (TPSA) is 52.6 Å². The van der Waals surface area contributed by atoms with Crippen LogP contribution >= 0.6 is 0 Å². The van der Waals surface area contributed by atoms with Crippen molar-refractivity contribution in [2.24, 2.45) is 5.92 Å². The summed E-state index contributed by atoms with van der Waals surface area (Å²) in [7, 11) is 0. The lowest BCUT2D eigenvalue weighted by Gasteiger charge is -2.33. The number of rotatable bonds is 5. The number of carbonyl (C=O) groups excluding carboxylic acids is 1. The van der Waals surface area contributed by atoms with Crippen molar-refractivity contribution in [3.8, 4) is 0 Å². The molecule has 1 atom stereocenters. The fourth-order valence-corrected chi connectivity index (χ4v) is 2.23. The van der Waals surface area contributed by atoms with E-state index < -0.39 is 0 Å². The van der Waals surface area contributed by atoms with Crippen LogP contribution in [0.3, 0.4) is 0 Å². The average molecular weight is 228 g/mol. The molecule has 16 heavy (non-hydrogen) atoms. The summed E-state index contributed by atoms with van der Waals surface area (Å²) in [5.74, 6) is 0.527. The second kappa shape index (κ2) is 6.86. The predicted molar refractivity (Wildman–Crippen MR) is 64.1 cm³/mol. The van der Waals surface area contributed by atoms with Gasteiger partial charge in [0.05, 0.1) is 6.10 Å². The number of aliphatic hydroxyl groups excluding tert-OH is 1. The lowest BCUT2D eigenvalue weighted by molar-refractivity contribution is -0.118. The van der Waals surface area contributed by atoms with Gasteiger partial charge in [-0.15, -0.1) is 0 Å². The van der Waals surface area contributed by atoms with Gasteiger partial charge in [0.1, 0.15) is 0 Å². The summed E-state index contributed by atoms with van der Waals surface area (Å²) in [4.78, 5) is 13.1. The molecule has 0 spiro atoms. The van der Waals surface area contributed by atoms with E-state index in [9.17, 15) is 9.90 Å². The highest BCUT2D eigenvalue weighted by atomic mass is 16.3. The van der Waals surface area contributed by atoms with Crippen LogP contribution in [0.15, 0.2) is 0 Å². The smallest absolute Gasteiger partial charge is 0.216 e. The molecule has 0 bridgehead atoms. The zero-order chi connectivity index (χ0) is 12.0. The number of aliphatic hydroxyl groups is 1. The summed E-state index contributed by atoms with van der Waals surface area (Å²) in [5, 5.41) is 12.3. The Morgan fingerprint density at radius 1 is 1.50 bits per heavy atom. The molecule has 0 radical (unpaired) electrons. The number of carbonyl (C=O) groups is 1. The molecule has 2 N–H and O–H groups in total. The Kier molecular flexibility index (Phi) is 5.77. The molecule has 1 fully saturated rings. The molecule has 1 saturated heterocycles. The van der Waals surface area contributed by atoms with Gasteiger partial charge < -0.3 is 15.3 Å². The van der Waals surface area contributed by atoms with Crippen LogP contribution in [0, 0.1) is 5.92 Å². The van der Waals surface area contributed by atoms with E-state index in [1.165, 1.54) is 0 Å². The van der Waals surface area contributed by atoms with Gasteiger partial charge in [0.25, 0.3) is 0 Å². The minimum atomic E-state index is -0.165. The van der Waals surface area contributed by atoms with Crippen molar-refractivity contribution in [1.29, 1.82) is 0 Å². The molecule has 1 heterocycles. The molecule has 0 aromatic heterocycles. The lowest BCUT2D eigenvalue weighted by atomic mass is 9.92. The monoisotopic (exact) mass is 228 g/mol. The Morgan fingerprint density at radius 2 is 2.12 bits per heavy atom. The Labute approximate surface area is 98.0 Å². The number of nitrogens with zero attached hydrogens (tertiary/aromatic N) is 1. The third-order valence-electron chi connectivity index (χ3n) is 3.34. The first-order valence-corrected chi connectivity index (χ1v) is 6.24. The molecule has 0 aromatic rings. The molecule has 0 aliphatic carbocycles. The molecule has 1 aliphatic rings. The highest BCUT2D eigenvalue weighted by Gasteiger charge is 2.21. The normalized spacial score (nSPS) is 20.7. The summed E-state index contributed by atoms with van der Waals surface area (Å²) in [6.45, 7) is 7.41. The minimum Gasteiger partial charge on any atom is -0.393 e. The summed E-state index contributed by atoms with van der Waals surface area (Å²) in [6.07, 6.45) is 3.04. The van der Waals surface area contributed by atoms with Crippen LogP contribution in [-0.4, -0.2) is 48.2 Å². The number of likely N-dealkylation sites (tertiary alicyclic amines) is 1. The summed E-state index contributed by atoms with van der Waals surface area (Å²) in [6, 6.07) is 0. The molecular weight excluding hydrogens is 204 g/mol. The molecule has 1 rings (SSSR count). The SMILES string of the molecule is CC(=O)NCCCN1CCC(C(C)O)CC1. The van der Waals surface area contributed by atoms with Gasteiger partial charge in [-0.2, -0.15) is 0 Å². The summed E-state index contributed by atoms with van der Waals surface area (Å²) < 4.78 is 0.